The van der Waals surface area contributed by atoms with Crippen LogP contribution >= 0.6 is 22.9 Å². The first-order valence-corrected chi connectivity index (χ1v) is 9.25. The molecule has 0 saturated heterocycles. The molecule has 0 atom stereocenters. The maximum absolute atomic E-state index is 12.4. The topological polar surface area (TPSA) is 62.3 Å². The number of halogens is 1. The van der Waals surface area contributed by atoms with Gasteiger partial charge in [-0.15, -0.1) is 0 Å². The smallest absolute Gasteiger partial charge is 0.252 e. The Morgan fingerprint density at radius 1 is 1.40 bits per heavy atom. The van der Waals surface area contributed by atoms with Crippen molar-refractivity contribution in [3.05, 3.63) is 10.2 Å². The fourth-order valence-electron chi connectivity index (χ4n) is 2.71. The largest absolute Gasteiger partial charge is 0.302 e. The van der Waals surface area contributed by atoms with E-state index in [-0.39, 0.29) is 14.2 Å². The first kappa shape index (κ1) is 16.2. The Kier molecular flexibility index (Phi) is 4.76. The molecule has 1 fully saturated rings. The summed E-state index contributed by atoms with van der Waals surface area (Å²) >= 11 is 6.79. The molecule has 8 heteroatoms. The summed E-state index contributed by atoms with van der Waals surface area (Å²) in [6.07, 6.45) is 4.33. The zero-order valence-corrected chi connectivity index (χ0v) is 14.3. The highest BCUT2D eigenvalue weighted by Crippen LogP contribution is 2.34. The molecule has 1 aliphatic rings. The molecule has 0 aliphatic heterocycles. The maximum atomic E-state index is 12.4. The summed E-state index contributed by atoms with van der Waals surface area (Å²) < 4.78 is 27.9. The molecule has 0 amide bonds. The number of hydrogen-bond acceptors (Lipinski definition) is 5. The van der Waals surface area contributed by atoms with Gasteiger partial charge in [0.05, 0.1) is 5.69 Å². The van der Waals surface area contributed by atoms with E-state index in [0.29, 0.717) is 12.2 Å². The number of nitrogens with one attached hydrogen (secondary N) is 1. The van der Waals surface area contributed by atoms with Crippen molar-refractivity contribution in [2.24, 2.45) is 0 Å². The van der Waals surface area contributed by atoms with E-state index in [9.17, 15) is 8.42 Å². The minimum Gasteiger partial charge on any atom is -0.302 e. The Balaban J connectivity index is 2.15. The minimum atomic E-state index is -3.53. The first-order valence-electron chi connectivity index (χ1n) is 6.57. The highest BCUT2D eigenvalue weighted by atomic mass is 35.5. The summed E-state index contributed by atoms with van der Waals surface area (Å²) in [5.74, 6) is 0. The van der Waals surface area contributed by atoms with Crippen molar-refractivity contribution in [3.63, 3.8) is 0 Å². The number of nitrogens with zero attached hydrogens (tertiary/aromatic N) is 2. The highest BCUT2D eigenvalue weighted by molar-refractivity contribution is 7.91. The molecule has 0 radical (unpaired) electrons. The van der Waals surface area contributed by atoms with E-state index in [1.54, 1.807) is 6.92 Å². The molecule has 1 aromatic heterocycles. The lowest BCUT2D eigenvalue weighted by molar-refractivity contribution is 0.162. The molecule has 5 nitrogen and oxygen atoms in total. The molecular formula is C12H20ClN3O2S2. The molecule has 1 saturated carbocycles. The van der Waals surface area contributed by atoms with Gasteiger partial charge in [-0.3, -0.25) is 0 Å². The molecule has 0 bridgehead atoms. The van der Waals surface area contributed by atoms with Gasteiger partial charge in [-0.1, -0.05) is 35.8 Å². The molecule has 20 heavy (non-hydrogen) atoms. The average Bonchev–Trinajstić information content (AvgIpc) is 2.94. The molecule has 0 unspecified atom stereocenters. The molecule has 1 N–H and O–H groups in total. The molecule has 114 valence electrons. The Morgan fingerprint density at radius 3 is 2.45 bits per heavy atom. The molecule has 1 heterocycles. The van der Waals surface area contributed by atoms with Crippen LogP contribution in [-0.4, -0.2) is 44.5 Å². The third kappa shape index (κ3) is 3.17. The number of rotatable bonds is 5. The van der Waals surface area contributed by atoms with Crippen molar-refractivity contribution in [2.45, 2.75) is 42.4 Å². The molecule has 2 rings (SSSR count). The summed E-state index contributed by atoms with van der Waals surface area (Å²) in [5, 5.41) is 0. The van der Waals surface area contributed by atoms with Gasteiger partial charge in [0.2, 0.25) is 0 Å². The Hall–Kier alpha value is -0.210. The van der Waals surface area contributed by atoms with Crippen LogP contribution in [0.4, 0.5) is 0 Å². The Bertz CT molecular complexity index is 578. The zero-order valence-electron chi connectivity index (χ0n) is 11.9. The predicted octanol–water partition coefficient (Wildman–Crippen LogP) is 2.26. The number of aromatic nitrogens is 1. The average molecular weight is 338 g/mol. The van der Waals surface area contributed by atoms with Gasteiger partial charge in [0.25, 0.3) is 10.0 Å². The number of thiazole rings is 1. The summed E-state index contributed by atoms with van der Waals surface area (Å²) in [6.45, 7) is 2.09. The fraction of sp³-hybridized carbons (Fsp3) is 0.750. The summed E-state index contributed by atoms with van der Waals surface area (Å²) in [7, 11) is 0.482. The quantitative estimate of drug-likeness (QED) is 0.895. The van der Waals surface area contributed by atoms with Gasteiger partial charge in [0, 0.05) is 12.1 Å². The molecule has 1 aliphatic carbocycles. The lowest BCUT2D eigenvalue weighted by atomic mass is 9.97. The van der Waals surface area contributed by atoms with Crippen LogP contribution in [-0.2, 0) is 10.0 Å². The van der Waals surface area contributed by atoms with Gasteiger partial charge in [0.1, 0.15) is 0 Å². The number of likely N-dealkylation sites (N-methyl/N-ethyl adjacent to an activating group) is 1. The zero-order chi connectivity index (χ0) is 15.0. The van der Waals surface area contributed by atoms with Crippen LogP contribution in [0.15, 0.2) is 4.21 Å². The van der Waals surface area contributed by atoms with Crippen molar-refractivity contribution < 1.29 is 8.42 Å². The SMILES string of the molecule is Cc1nc(Cl)sc1S(=O)(=O)NCC1(N(C)C)CCCC1. The van der Waals surface area contributed by atoms with E-state index < -0.39 is 10.0 Å². The monoisotopic (exact) mass is 337 g/mol. The number of hydrogen-bond donors (Lipinski definition) is 1. The van der Waals surface area contributed by atoms with Crippen LogP contribution in [0.25, 0.3) is 0 Å². The minimum absolute atomic E-state index is 0.0740. The highest BCUT2D eigenvalue weighted by Gasteiger charge is 2.37. The van der Waals surface area contributed by atoms with E-state index in [1.807, 2.05) is 14.1 Å². The normalized spacial score (nSPS) is 18.9. The second kappa shape index (κ2) is 5.88. The third-order valence-corrected chi connectivity index (χ3v) is 7.32. The first-order chi connectivity index (χ1) is 9.27. The van der Waals surface area contributed by atoms with Crippen LogP contribution in [0.5, 0.6) is 0 Å². The molecule has 1 aromatic rings. The summed E-state index contributed by atoms with van der Waals surface area (Å²) in [5.41, 5.74) is 0.382. The lowest BCUT2D eigenvalue weighted by Gasteiger charge is -2.36. The molecular weight excluding hydrogens is 318 g/mol. The Morgan fingerprint density at radius 2 is 2.00 bits per heavy atom. The van der Waals surface area contributed by atoms with Crippen LogP contribution in [0, 0.1) is 6.92 Å². The van der Waals surface area contributed by atoms with Crippen LogP contribution < -0.4 is 4.72 Å². The van der Waals surface area contributed by atoms with E-state index >= 15 is 0 Å². The number of sulfonamides is 1. The van der Waals surface area contributed by atoms with Crippen LogP contribution in [0.2, 0.25) is 4.47 Å². The predicted molar refractivity (Wildman–Crippen MR) is 81.9 cm³/mol. The lowest BCUT2D eigenvalue weighted by Crippen LogP contribution is -2.50. The summed E-state index contributed by atoms with van der Waals surface area (Å²) in [6, 6.07) is 0. The van der Waals surface area contributed by atoms with Gasteiger partial charge in [-0.25, -0.2) is 18.1 Å². The van der Waals surface area contributed by atoms with Crippen molar-refractivity contribution in [3.8, 4) is 0 Å². The van der Waals surface area contributed by atoms with Crippen molar-refractivity contribution in [1.29, 1.82) is 0 Å². The third-order valence-electron chi connectivity index (χ3n) is 4.05. The van der Waals surface area contributed by atoms with Gasteiger partial charge >= 0.3 is 0 Å². The Labute approximate surface area is 129 Å². The van der Waals surface area contributed by atoms with Gasteiger partial charge in [0.15, 0.2) is 8.68 Å². The van der Waals surface area contributed by atoms with E-state index in [0.717, 1.165) is 37.0 Å². The van der Waals surface area contributed by atoms with Crippen molar-refractivity contribution in [2.75, 3.05) is 20.6 Å². The van der Waals surface area contributed by atoms with Crippen molar-refractivity contribution in [1.82, 2.24) is 14.6 Å². The van der Waals surface area contributed by atoms with Gasteiger partial charge in [-0.2, -0.15) is 0 Å². The van der Waals surface area contributed by atoms with Gasteiger partial charge < -0.3 is 4.90 Å². The number of aryl methyl sites for hydroxylation is 1. The van der Waals surface area contributed by atoms with E-state index in [1.165, 1.54) is 0 Å². The second-order valence-electron chi connectivity index (χ2n) is 5.49. The van der Waals surface area contributed by atoms with E-state index in [2.05, 4.69) is 14.6 Å². The summed E-state index contributed by atoms with van der Waals surface area (Å²) in [4.78, 5) is 6.10. The second-order valence-corrected chi connectivity index (χ2v) is 9.03. The molecule has 0 aromatic carbocycles. The van der Waals surface area contributed by atoms with Crippen LogP contribution in [0.1, 0.15) is 31.4 Å². The van der Waals surface area contributed by atoms with Crippen LogP contribution in [0.3, 0.4) is 0 Å². The molecule has 0 spiro atoms. The maximum Gasteiger partial charge on any atom is 0.252 e. The van der Waals surface area contributed by atoms with E-state index in [4.69, 9.17) is 11.6 Å². The van der Waals surface area contributed by atoms with Crippen molar-refractivity contribution >= 4 is 33.0 Å². The van der Waals surface area contributed by atoms with Gasteiger partial charge in [-0.05, 0) is 33.9 Å². The fourth-order valence-corrected chi connectivity index (χ4v) is 5.61. The standard InChI is InChI=1S/C12H20ClN3O2S2/c1-9-10(19-11(13)15-9)20(17,18)14-8-12(16(2)3)6-4-5-7-12/h14H,4-8H2,1-3H3.